The zero-order valence-electron chi connectivity index (χ0n) is 5.26. The van der Waals surface area contributed by atoms with Crippen molar-refractivity contribution in [3.63, 3.8) is 0 Å². The summed E-state index contributed by atoms with van der Waals surface area (Å²) < 4.78 is 39.4. The minimum atomic E-state index is -5.42. The van der Waals surface area contributed by atoms with Gasteiger partial charge in [0.25, 0.3) is 0 Å². The van der Waals surface area contributed by atoms with Crippen LogP contribution in [0.25, 0.3) is 0 Å². The fourth-order valence-corrected chi connectivity index (χ4v) is 0.594. The van der Waals surface area contributed by atoms with Gasteiger partial charge in [-0.2, -0.15) is 0 Å². The lowest BCUT2D eigenvalue weighted by molar-refractivity contribution is 0.102. The summed E-state index contributed by atoms with van der Waals surface area (Å²) in [6.07, 6.45) is 1.80. The fourth-order valence-electron chi connectivity index (χ4n) is 0.594. The van der Waals surface area contributed by atoms with Crippen LogP contribution < -0.4 is 0 Å². The van der Waals surface area contributed by atoms with Crippen molar-refractivity contribution in [2.45, 2.75) is 0 Å². The molecule has 0 saturated carbocycles. The van der Waals surface area contributed by atoms with Crippen molar-refractivity contribution in [1.82, 2.24) is 0 Å². The average Bonchev–Trinajstić information content (AvgIpc) is 2.34. The number of hydrogen-bond donors (Lipinski definition) is 0. The highest BCUT2D eigenvalue weighted by Gasteiger charge is 2.34. The summed E-state index contributed by atoms with van der Waals surface area (Å²) in [5, 5.41) is 0. The Hall–Kier alpha value is -1.20. The van der Waals surface area contributed by atoms with Gasteiger partial charge in [-0.05, 0) is 6.07 Å². The van der Waals surface area contributed by atoms with Crippen molar-refractivity contribution in [2.75, 3.05) is 0 Å². The lowest BCUT2D eigenvalue weighted by Gasteiger charge is -2.09. The van der Waals surface area contributed by atoms with Crippen LogP contribution in [0, 0.1) is 0 Å². The van der Waals surface area contributed by atoms with E-state index in [4.69, 9.17) is 0 Å². The van der Waals surface area contributed by atoms with Gasteiger partial charge >= 0.3 is 6.98 Å². The van der Waals surface area contributed by atoms with Gasteiger partial charge in [0, 0.05) is 5.56 Å². The van der Waals surface area contributed by atoms with Gasteiger partial charge in [0.05, 0.1) is 12.5 Å². The van der Waals surface area contributed by atoms with E-state index in [1.807, 2.05) is 0 Å². The van der Waals surface area contributed by atoms with E-state index in [1.165, 1.54) is 0 Å². The highest BCUT2D eigenvalue weighted by molar-refractivity contribution is 6.93. The molecular weight excluding hydrogens is 160 g/mol. The molecular formula is C5H3BF3O2-. The van der Waals surface area contributed by atoms with Crippen LogP contribution in [-0.4, -0.2) is 12.7 Å². The van der Waals surface area contributed by atoms with E-state index < -0.39 is 18.2 Å². The molecule has 0 spiro atoms. The molecule has 0 radical (unpaired) electrons. The molecule has 0 amide bonds. The van der Waals surface area contributed by atoms with Gasteiger partial charge in [-0.25, -0.2) is 0 Å². The maximum absolute atomic E-state index is 11.7. The molecule has 2 nitrogen and oxygen atoms in total. The molecule has 0 N–H and O–H groups in total. The maximum Gasteiger partial charge on any atom is 0.549 e. The summed E-state index contributed by atoms with van der Waals surface area (Å²) in [6.45, 7) is -5.42. The molecule has 0 aliphatic rings. The summed E-state index contributed by atoms with van der Waals surface area (Å²) in [7, 11) is 0. The summed E-state index contributed by atoms with van der Waals surface area (Å²) in [6, 6.07) is 0.984. The molecule has 0 aliphatic carbocycles. The molecule has 60 valence electrons. The monoisotopic (exact) mass is 163 g/mol. The highest BCUT2D eigenvalue weighted by atomic mass is 19.4. The molecule has 0 aromatic carbocycles. The van der Waals surface area contributed by atoms with Gasteiger partial charge in [0.15, 0.2) is 0 Å². The third-order valence-corrected chi connectivity index (χ3v) is 1.10. The molecule has 0 unspecified atom stereocenters. The first-order valence-corrected chi connectivity index (χ1v) is 2.78. The largest absolute Gasteiger partial charge is 0.549 e. The predicted octanol–water partition coefficient (Wildman–Crippen LogP) is 1.85. The second-order valence-corrected chi connectivity index (χ2v) is 1.95. The number of furan rings is 1. The van der Waals surface area contributed by atoms with E-state index in [1.54, 1.807) is 0 Å². The molecule has 0 fully saturated rings. The van der Waals surface area contributed by atoms with Gasteiger partial charge in [0.2, 0.25) is 0 Å². The zero-order chi connectivity index (χ0) is 8.48. The molecule has 0 atom stereocenters. The first-order valence-electron chi connectivity index (χ1n) is 2.78. The van der Waals surface area contributed by atoms with Crippen LogP contribution in [0.2, 0.25) is 0 Å². The van der Waals surface area contributed by atoms with Crippen molar-refractivity contribution in [2.24, 2.45) is 0 Å². The molecule has 0 bridgehead atoms. The Morgan fingerprint density at radius 1 is 1.45 bits per heavy atom. The molecule has 0 saturated heterocycles. The summed E-state index contributed by atoms with van der Waals surface area (Å²) in [5.41, 5.74) is -2.27. The van der Waals surface area contributed by atoms with Gasteiger partial charge in [-0.3, -0.25) is 0 Å². The lowest BCUT2D eigenvalue weighted by atomic mass is 9.81. The highest BCUT2D eigenvalue weighted by Crippen LogP contribution is 2.16. The Morgan fingerprint density at radius 2 is 2.09 bits per heavy atom. The van der Waals surface area contributed by atoms with Crippen molar-refractivity contribution < 1.29 is 22.2 Å². The van der Waals surface area contributed by atoms with Crippen molar-refractivity contribution >= 4 is 12.7 Å². The first-order chi connectivity index (χ1) is 5.02. The second kappa shape index (κ2) is 2.45. The number of halogens is 3. The summed E-state index contributed by atoms with van der Waals surface area (Å²) in [4.78, 5) is 10.4. The van der Waals surface area contributed by atoms with Crippen molar-refractivity contribution in [1.29, 1.82) is 0 Å². The average molecular weight is 163 g/mol. The Balaban J connectivity index is 2.88. The summed E-state index contributed by atoms with van der Waals surface area (Å²) >= 11 is 0. The van der Waals surface area contributed by atoms with Crippen molar-refractivity contribution in [3.8, 4) is 0 Å². The third kappa shape index (κ3) is 1.63. The SMILES string of the molecule is O=C(c1ccoc1)[B-](F)(F)F. The number of hydrogen-bond acceptors (Lipinski definition) is 2. The first kappa shape index (κ1) is 7.91. The van der Waals surface area contributed by atoms with Crippen LogP contribution in [0.5, 0.6) is 0 Å². The predicted molar refractivity (Wildman–Crippen MR) is 32.1 cm³/mol. The van der Waals surface area contributed by atoms with Crippen LogP contribution in [0.1, 0.15) is 10.4 Å². The smallest absolute Gasteiger partial charge is 0.472 e. The van der Waals surface area contributed by atoms with Gasteiger partial charge in [-0.15, -0.1) is 0 Å². The van der Waals surface area contributed by atoms with E-state index >= 15 is 0 Å². The zero-order valence-corrected chi connectivity index (χ0v) is 5.26. The van der Waals surface area contributed by atoms with Gasteiger partial charge in [0.1, 0.15) is 5.68 Å². The van der Waals surface area contributed by atoms with E-state index in [0.29, 0.717) is 0 Å². The minimum absolute atomic E-state index is 0.447. The molecule has 1 rings (SSSR count). The maximum atomic E-state index is 11.7. The van der Waals surface area contributed by atoms with E-state index in [9.17, 15) is 17.7 Å². The van der Waals surface area contributed by atoms with Crippen LogP contribution >= 0.6 is 0 Å². The number of carbonyl (C=O) groups is 1. The van der Waals surface area contributed by atoms with E-state index in [2.05, 4.69) is 4.42 Å². The Kier molecular flexibility index (Phi) is 1.76. The normalized spacial score (nSPS) is 11.5. The van der Waals surface area contributed by atoms with Crippen molar-refractivity contribution in [3.05, 3.63) is 24.2 Å². The number of carbonyl (C=O) groups excluding carboxylic acids is 1. The standard InChI is InChI=1S/C5H3BF3O2/c7-6(8,9)5(10)4-1-2-11-3-4/h1-3H/q-1. The fraction of sp³-hybridized carbons (Fsp3) is 0. The Morgan fingerprint density at radius 3 is 2.45 bits per heavy atom. The minimum Gasteiger partial charge on any atom is -0.472 e. The van der Waals surface area contributed by atoms with Gasteiger partial charge in [-0.1, -0.05) is 0 Å². The third-order valence-electron chi connectivity index (χ3n) is 1.10. The van der Waals surface area contributed by atoms with Crippen LogP contribution in [0.4, 0.5) is 12.9 Å². The van der Waals surface area contributed by atoms with E-state index in [0.717, 1.165) is 18.6 Å². The molecule has 1 aromatic rings. The van der Waals surface area contributed by atoms with E-state index in [-0.39, 0.29) is 0 Å². The molecule has 0 aliphatic heterocycles. The number of rotatable bonds is 2. The lowest BCUT2D eigenvalue weighted by Crippen LogP contribution is -2.29. The summed E-state index contributed by atoms with van der Waals surface area (Å²) in [5.74, 6) is 0. The Bertz CT molecular complexity index is 251. The van der Waals surface area contributed by atoms with Crippen LogP contribution in [-0.2, 0) is 0 Å². The molecule has 1 aromatic heterocycles. The quantitative estimate of drug-likeness (QED) is 0.622. The molecule has 6 heteroatoms. The molecule has 1 heterocycles. The van der Waals surface area contributed by atoms with Crippen LogP contribution in [0.3, 0.4) is 0 Å². The Labute approximate surface area is 60.1 Å². The second-order valence-electron chi connectivity index (χ2n) is 1.95. The van der Waals surface area contributed by atoms with Gasteiger partial charge < -0.3 is 22.2 Å². The molecule has 11 heavy (non-hydrogen) atoms. The van der Waals surface area contributed by atoms with Crippen LogP contribution in [0.15, 0.2) is 23.0 Å². The topological polar surface area (TPSA) is 30.2 Å².